The molecule has 0 aromatic rings. The third-order valence-electron chi connectivity index (χ3n) is 2.40. The minimum Gasteiger partial charge on any atom is -0.396 e. The minimum absolute atomic E-state index is 0.311. The summed E-state index contributed by atoms with van der Waals surface area (Å²) in [6.07, 6.45) is 8.53. The van der Waals surface area contributed by atoms with Gasteiger partial charge in [0.1, 0.15) is 0 Å². The minimum atomic E-state index is 0.311. The SMILES string of the molecule is CCCCC[C@@H](CCCCO)OC. The molecule has 13 heavy (non-hydrogen) atoms. The van der Waals surface area contributed by atoms with Gasteiger partial charge in [-0.1, -0.05) is 26.2 Å². The maximum atomic E-state index is 8.63. The molecule has 80 valence electrons. The number of rotatable bonds is 9. The van der Waals surface area contributed by atoms with Crippen LogP contribution >= 0.6 is 0 Å². The molecule has 0 unspecified atom stereocenters. The molecule has 0 aliphatic carbocycles. The second-order valence-electron chi connectivity index (χ2n) is 3.57. The van der Waals surface area contributed by atoms with E-state index >= 15 is 0 Å². The first-order chi connectivity index (χ1) is 6.35. The Hall–Kier alpha value is -0.0800. The summed E-state index contributed by atoms with van der Waals surface area (Å²) in [5.41, 5.74) is 0. The first-order valence-corrected chi connectivity index (χ1v) is 5.48. The Morgan fingerprint density at radius 1 is 1.08 bits per heavy atom. The molecule has 1 atom stereocenters. The van der Waals surface area contributed by atoms with E-state index in [1.807, 2.05) is 0 Å². The van der Waals surface area contributed by atoms with E-state index in [1.165, 1.54) is 25.7 Å². The van der Waals surface area contributed by atoms with Crippen LogP contribution in [0.3, 0.4) is 0 Å². The lowest BCUT2D eigenvalue weighted by atomic mass is 10.1. The van der Waals surface area contributed by atoms with Gasteiger partial charge in [-0.25, -0.2) is 0 Å². The zero-order valence-electron chi connectivity index (χ0n) is 9.09. The topological polar surface area (TPSA) is 29.5 Å². The van der Waals surface area contributed by atoms with Gasteiger partial charge >= 0.3 is 0 Å². The van der Waals surface area contributed by atoms with E-state index in [9.17, 15) is 0 Å². The van der Waals surface area contributed by atoms with Crippen molar-refractivity contribution in [2.45, 2.75) is 58.0 Å². The van der Waals surface area contributed by atoms with E-state index in [1.54, 1.807) is 7.11 Å². The molecule has 2 nitrogen and oxygen atoms in total. The van der Waals surface area contributed by atoms with Crippen LogP contribution in [-0.4, -0.2) is 24.9 Å². The summed E-state index contributed by atoms with van der Waals surface area (Å²) in [4.78, 5) is 0. The highest BCUT2D eigenvalue weighted by Crippen LogP contribution is 2.12. The van der Waals surface area contributed by atoms with Gasteiger partial charge in [-0.3, -0.25) is 0 Å². The van der Waals surface area contributed by atoms with Crippen LogP contribution in [0.25, 0.3) is 0 Å². The molecule has 0 fully saturated rings. The molecular weight excluding hydrogens is 164 g/mol. The second-order valence-corrected chi connectivity index (χ2v) is 3.57. The Kier molecular flexibility index (Phi) is 9.94. The van der Waals surface area contributed by atoms with Gasteiger partial charge in [0.05, 0.1) is 6.10 Å². The van der Waals surface area contributed by atoms with Crippen molar-refractivity contribution in [3.8, 4) is 0 Å². The van der Waals surface area contributed by atoms with E-state index in [-0.39, 0.29) is 0 Å². The van der Waals surface area contributed by atoms with Crippen LogP contribution in [0.15, 0.2) is 0 Å². The van der Waals surface area contributed by atoms with Gasteiger partial charge in [0.2, 0.25) is 0 Å². The van der Waals surface area contributed by atoms with E-state index in [4.69, 9.17) is 9.84 Å². The predicted octanol–water partition coefficient (Wildman–Crippen LogP) is 2.74. The van der Waals surface area contributed by atoms with Crippen LogP contribution in [0, 0.1) is 0 Å². The molecule has 0 saturated heterocycles. The number of methoxy groups -OCH3 is 1. The smallest absolute Gasteiger partial charge is 0.0571 e. The van der Waals surface area contributed by atoms with E-state index in [0.717, 1.165) is 19.3 Å². The lowest BCUT2D eigenvalue weighted by Crippen LogP contribution is -2.10. The number of aliphatic hydroxyl groups excluding tert-OH is 1. The number of hydrogen-bond acceptors (Lipinski definition) is 2. The van der Waals surface area contributed by atoms with Crippen LogP contribution in [0.4, 0.5) is 0 Å². The van der Waals surface area contributed by atoms with Crippen molar-refractivity contribution in [1.82, 2.24) is 0 Å². The van der Waals surface area contributed by atoms with Crippen molar-refractivity contribution in [3.05, 3.63) is 0 Å². The molecule has 0 spiro atoms. The Morgan fingerprint density at radius 2 is 1.69 bits per heavy atom. The largest absolute Gasteiger partial charge is 0.396 e. The van der Waals surface area contributed by atoms with Crippen molar-refractivity contribution in [1.29, 1.82) is 0 Å². The Morgan fingerprint density at radius 3 is 2.15 bits per heavy atom. The summed E-state index contributed by atoms with van der Waals surface area (Å²) in [6, 6.07) is 0. The molecule has 0 amide bonds. The molecular formula is C11H24O2. The van der Waals surface area contributed by atoms with Crippen LogP contribution < -0.4 is 0 Å². The highest BCUT2D eigenvalue weighted by Gasteiger charge is 2.05. The molecule has 0 saturated carbocycles. The van der Waals surface area contributed by atoms with Crippen LogP contribution in [0.5, 0.6) is 0 Å². The average Bonchev–Trinajstić information content (AvgIpc) is 2.16. The van der Waals surface area contributed by atoms with Gasteiger partial charge < -0.3 is 9.84 Å². The highest BCUT2D eigenvalue weighted by molar-refractivity contribution is 4.58. The number of ether oxygens (including phenoxy) is 1. The summed E-state index contributed by atoms with van der Waals surface area (Å²) in [6.45, 7) is 2.53. The molecule has 0 radical (unpaired) electrons. The molecule has 0 aromatic carbocycles. The van der Waals surface area contributed by atoms with Gasteiger partial charge in [-0.2, -0.15) is 0 Å². The van der Waals surface area contributed by atoms with Crippen molar-refractivity contribution in [3.63, 3.8) is 0 Å². The molecule has 0 aliphatic heterocycles. The third kappa shape index (κ3) is 8.26. The molecule has 2 heteroatoms. The molecule has 0 aromatic heterocycles. The Labute approximate surface area is 82.3 Å². The lowest BCUT2D eigenvalue weighted by molar-refractivity contribution is 0.0820. The lowest BCUT2D eigenvalue weighted by Gasteiger charge is -2.14. The van der Waals surface area contributed by atoms with Gasteiger partial charge in [0, 0.05) is 13.7 Å². The maximum absolute atomic E-state index is 8.63. The predicted molar refractivity (Wildman–Crippen MR) is 55.9 cm³/mol. The average molecular weight is 188 g/mol. The first-order valence-electron chi connectivity index (χ1n) is 5.48. The highest BCUT2D eigenvalue weighted by atomic mass is 16.5. The van der Waals surface area contributed by atoms with Gasteiger partial charge in [0.25, 0.3) is 0 Å². The zero-order valence-corrected chi connectivity index (χ0v) is 9.09. The molecule has 0 aliphatic rings. The van der Waals surface area contributed by atoms with Gasteiger partial charge in [-0.05, 0) is 25.7 Å². The van der Waals surface area contributed by atoms with Crippen LogP contribution in [-0.2, 0) is 4.74 Å². The summed E-state index contributed by atoms with van der Waals surface area (Å²) >= 11 is 0. The summed E-state index contributed by atoms with van der Waals surface area (Å²) in [5, 5.41) is 8.63. The van der Waals surface area contributed by atoms with E-state index < -0.39 is 0 Å². The van der Waals surface area contributed by atoms with Crippen molar-refractivity contribution < 1.29 is 9.84 Å². The fraction of sp³-hybridized carbons (Fsp3) is 1.00. The second kappa shape index (κ2) is 10.0. The fourth-order valence-corrected chi connectivity index (χ4v) is 1.49. The standard InChI is InChI=1S/C11H24O2/c1-3-4-5-8-11(13-2)9-6-7-10-12/h11-12H,3-10H2,1-2H3/t11-/m0/s1. The monoisotopic (exact) mass is 188 g/mol. The van der Waals surface area contributed by atoms with E-state index in [2.05, 4.69) is 6.92 Å². The summed E-state index contributed by atoms with van der Waals surface area (Å²) in [5.74, 6) is 0. The molecule has 0 rings (SSSR count). The van der Waals surface area contributed by atoms with Crippen molar-refractivity contribution >= 4 is 0 Å². The van der Waals surface area contributed by atoms with Gasteiger partial charge in [0.15, 0.2) is 0 Å². The van der Waals surface area contributed by atoms with Crippen molar-refractivity contribution in [2.24, 2.45) is 0 Å². The molecule has 0 heterocycles. The number of unbranched alkanes of at least 4 members (excludes halogenated alkanes) is 3. The molecule has 0 bridgehead atoms. The third-order valence-corrected chi connectivity index (χ3v) is 2.40. The van der Waals surface area contributed by atoms with Crippen LogP contribution in [0.2, 0.25) is 0 Å². The summed E-state index contributed by atoms with van der Waals surface area (Å²) in [7, 11) is 1.79. The molecule has 1 N–H and O–H groups in total. The first kappa shape index (κ1) is 12.9. The summed E-state index contributed by atoms with van der Waals surface area (Å²) < 4.78 is 5.36. The quantitative estimate of drug-likeness (QED) is 0.564. The normalized spacial score (nSPS) is 13.2. The van der Waals surface area contributed by atoms with Crippen molar-refractivity contribution in [2.75, 3.05) is 13.7 Å². The number of hydrogen-bond donors (Lipinski definition) is 1. The fourth-order valence-electron chi connectivity index (χ4n) is 1.49. The zero-order chi connectivity index (χ0) is 9.94. The van der Waals surface area contributed by atoms with Gasteiger partial charge in [-0.15, -0.1) is 0 Å². The Balaban J connectivity index is 3.28. The maximum Gasteiger partial charge on any atom is 0.0571 e. The number of aliphatic hydroxyl groups is 1. The Bertz CT molecular complexity index is 84.1. The van der Waals surface area contributed by atoms with E-state index in [0.29, 0.717) is 12.7 Å². The van der Waals surface area contributed by atoms with Crippen LogP contribution in [0.1, 0.15) is 51.9 Å².